The molecule has 1 aliphatic heterocycles. The van der Waals surface area contributed by atoms with Gasteiger partial charge in [-0.25, -0.2) is 4.79 Å². The molecule has 0 fully saturated rings. The number of carbonyl (C=O) groups is 1. The molecule has 0 saturated heterocycles. The number of hydrogen-bond donors (Lipinski definition) is 1. The van der Waals surface area contributed by atoms with E-state index in [0.717, 1.165) is 23.4 Å². The number of aliphatic imine (C=N–C) groups is 1. The fraction of sp³-hybridized carbons (Fsp3) is 0.273. The van der Waals surface area contributed by atoms with Crippen LogP contribution in [0.1, 0.15) is 49.2 Å². The zero-order chi connectivity index (χ0) is 20.6. The summed E-state index contributed by atoms with van der Waals surface area (Å²) >= 11 is 12.5. The van der Waals surface area contributed by atoms with Gasteiger partial charge in [0, 0.05) is 29.6 Å². The van der Waals surface area contributed by atoms with Crippen molar-refractivity contribution in [1.29, 1.82) is 0 Å². The minimum Gasteiger partial charge on any atom is -0.478 e. The van der Waals surface area contributed by atoms with E-state index >= 15 is 0 Å². The van der Waals surface area contributed by atoms with Gasteiger partial charge in [0.25, 0.3) is 0 Å². The summed E-state index contributed by atoms with van der Waals surface area (Å²) in [4.78, 5) is 18.0. The van der Waals surface area contributed by atoms with Gasteiger partial charge in [0.2, 0.25) is 0 Å². The highest BCUT2D eigenvalue weighted by Crippen LogP contribution is 2.41. The monoisotopic (exact) mass is 416 g/mol. The second kappa shape index (κ2) is 7.61. The number of rotatable bonds is 4. The molecule has 1 aliphatic rings. The fourth-order valence-electron chi connectivity index (χ4n) is 3.69. The summed E-state index contributed by atoms with van der Waals surface area (Å²) < 4.78 is 0. The number of allylic oxidation sites excluding steroid dienone is 1. The maximum atomic E-state index is 11.2. The van der Waals surface area contributed by atoms with Crippen LogP contribution in [-0.4, -0.2) is 29.4 Å². The van der Waals surface area contributed by atoms with E-state index in [0.29, 0.717) is 10.7 Å². The van der Waals surface area contributed by atoms with E-state index in [2.05, 4.69) is 43.7 Å². The maximum absolute atomic E-state index is 11.2. The summed E-state index contributed by atoms with van der Waals surface area (Å²) in [6.07, 6.45) is 3.91. The number of hydrogen-bond acceptors (Lipinski definition) is 3. The van der Waals surface area contributed by atoms with Crippen LogP contribution in [0.5, 0.6) is 0 Å². The lowest BCUT2D eigenvalue weighted by atomic mass is 9.88. The highest BCUT2D eigenvalue weighted by Gasteiger charge is 2.30. The number of anilines is 1. The van der Waals surface area contributed by atoms with Gasteiger partial charge < -0.3 is 10.0 Å². The van der Waals surface area contributed by atoms with Gasteiger partial charge in [0.1, 0.15) is 0 Å². The minimum absolute atomic E-state index is 0.0208. The van der Waals surface area contributed by atoms with Crippen molar-refractivity contribution in [2.24, 2.45) is 4.99 Å². The molecule has 146 valence electrons. The topological polar surface area (TPSA) is 52.9 Å². The van der Waals surface area contributed by atoms with Crippen LogP contribution < -0.4 is 4.90 Å². The van der Waals surface area contributed by atoms with Gasteiger partial charge in [-0.15, -0.1) is 0 Å². The molecule has 0 aromatic heterocycles. The van der Waals surface area contributed by atoms with Crippen LogP contribution in [0.25, 0.3) is 5.57 Å². The lowest BCUT2D eigenvalue weighted by Crippen LogP contribution is -2.44. The molecule has 0 saturated carbocycles. The largest absolute Gasteiger partial charge is 0.478 e. The summed E-state index contributed by atoms with van der Waals surface area (Å²) in [5.74, 6) is -1.09. The first kappa shape index (κ1) is 20.4. The Morgan fingerprint density at radius 3 is 2.57 bits per heavy atom. The number of benzene rings is 2. The van der Waals surface area contributed by atoms with Crippen LogP contribution in [0.15, 0.2) is 41.4 Å². The lowest BCUT2D eigenvalue weighted by molar-refractivity contribution is 0.0697. The average Bonchev–Trinajstić information content (AvgIpc) is 2.60. The molecule has 0 aliphatic carbocycles. The molecular weight excluding hydrogens is 395 g/mol. The average molecular weight is 417 g/mol. The number of halogens is 2. The fourth-order valence-corrected chi connectivity index (χ4v) is 4.10. The summed E-state index contributed by atoms with van der Waals surface area (Å²) in [7, 11) is 0. The molecule has 0 bridgehead atoms. The Kier molecular flexibility index (Phi) is 5.55. The van der Waals surface area contributed by atoms with E-state index in [-0.39, 0.29) is 16.1 Å². The quantitative estimate of drug-likeness (QED) is 0.581. The van der Waals surface area contributed by atoms with Crippen LogP contribution in [-0.2, 0) is 0 Å². The number of carboxylic acid groups (broad SMARTS) is 1. The van der Waals surface area contributed by atoms with Gasteiger partial charge in [0.05, 0.1) is 26.8 Å². The van der Waals surface area contributed by atoms with E-state index in [1.165, 1.54) is 17.7 Å². The highest BCUT2D eigenvalue weighted by atomic mass is 35.5. The van der Waals surface area contributed by atoms with Crippen molar-refractivity contribution in [1.82, 2.24) is 0 Å². The number of likely N-dealkylation sites (N-methyl/N-ethyl adjacent to an activating group) is 1. The van der Waals surface area contributed by atoms with Crippen molar-refractivity contribution in [2.45, 2.75) is 33.2 Å². The van der Waals surface area contributed by atoms with E-state index in [9.17, 15) is 9.90 Å². The van der Waals surface area contributed by atoms with Crippen molar-refractivity contribution in [3.8, 4) is 0 Å². The van der Waals surface area contributed by atoms with Crippen LogP contribution in [0.3, 0.4) is 0 Å². The van der Waals surface area contributed by atoms with Gasteiger partial charge in [-0.1, -0.05) is 29.3 Å². The Morgan fingerprint density at radius 1 is 1.21 bits per heavy atom. The molecule has 1 heterocycles. The van der Waals surface area contributed by atoms with Crippen LogP contribution in [0.4, 0.5) is 11.4 Å². The van der Waals surface area contributed by atoms with Crippen molar-refractivity contribution in [3.05, 3.63) is 63.1 Å². The van der Waals surface area contributed by atoms with Crippen LogP contribution in [0, 0.1) is 0 Å². The van der Waals surface area contributed by atoms with E-state index in [1.807, 2.05) is 12.1 Å². The normalized spacial score (nSPS) is 15.5. The third-order valence-electron chi connectivity index (χ3n) is 4.95. The second-order valence-corrected chi connectivity index (χ2v) is 8.16. The van der Waals surface area contributed by atoms with Crippen LogP contribution in [0.2, 0.25) is 10.0 Å². The van der Waals surface area contributed by atoms with Crippen molar-refractivity contribution < 1.29 is 9.90 Å². The third kappa shape index (κ3) is 3.80. The summed E-state index contributed by atoms with van der Waals surface area (Å²) in [5, 5.41) is 9.98. The molecule has 0 radical (unpaired) electrons. The van der Waals surface area contributed by atoms with Crippen molar-refractivity contribution in [3.63, 3.8) is 0 Å². The Hall–Kier alpha value is -2.30. The Labute approximate surface area is 175 Å². The number of fused-ring (bicyclic) bond motifs is 1. The molecule has 0 amide bonds. The molecule has 6 heteroatoms. The number of nitrogens with zero attached hydrogens (tertiary/aromatic N) is 2. The van der Waals surface area contributed by atoms with Crippen molar-refractivity contribution >= 4 is 52.3 Å². The van der Waals surface area contributed by atoms with E-state index in [4.69, 9.17) is 23.2 Å². The molecule has 4 nitrogen and oxygen atoms in total. The summed E-state index contributed by atoms with van der Waals surface area (Å²) in [5.41, 5.74) is 4.63. The third-order valence-corrected chi connectivity index (χ3v) is 5.60. The van der Waals surface area contributed by atoms with E-state index in [1.54, 1.807) is 12.3 Å². The molecule has 0 atom stereocenters. The first-order valence-electron chi connectivity index (χ1n) is 9.02. The van der Waals surface area contributed by atoms with E-state index < -0.39 is 5.97 Å². The molecule has 28 heavy (non-hydrogen) atoms. The molecular formula is C22H22Cl2N2O2. The van der Waals surface area contributed by atoms with Crippen molar-refractivity contribution in [2.75, 3.05) is 11.4 Å². The Morgan fingerprint density at radius 2 is 1.93 bits per heavy atom. The smallest absolute Gasteiger partial charge is 0.337 e. The van der Waals surface area contributed by atoms with Gasteiger partial charge >= 0.3 is 5.97 Å². The minimum atomic E-state index is -1.09. The second-order valence-electron chi connectivity index (χ2n) is 7.34. The molecule has 2 aromatic carbocycles. The first-order valence-corrected chi connectivity index (χ1v) is 9.77. The zero-order valence-corrected chi connectivity index (χ0v) is 17.8. The molecule has 1 N–H and O–H groups in total. The molecule has 2 aromatic rings. The Bertz CT molecular complexity index is 1010. The summed E-state index contributed by atoms with van der Waals surface area (Å²) in [6, 6.07) is 8.65. The van der Waals surface area contributed by atoms with Gasteiger partial charge in [-0.2, -0.15) is 0 Å². The first-order chi connectivity index (χ1) is 13.1. The van der Waals surface area contributed by atoms with Crippen LogP contribution >= 0.6 is 23.2 Å². The summed E-state index contributed by atoms with van der Waals surface area (Å²) in [6.45, 7) is 9.47. The predicted molar refractivity (Wildman–Crippen MR) is 118 cm³/mol. The van der Waals surface area contributed by atoms with Gasteiger partial charge in [-0.05, 0) is 63.6 Å². The lowest BCUT2D eigenvalue weighted by Gasteiger charge is -2.43. The Balaban J connectivity index is 2.02. The highest BCUT2D eigenvalue weighted by molar-refractivity contribution is 6.34. The predicted octanol–water partition coefficient (Wildman–Crippen LogP) is 6.46. The van der Waals surface area contributed by atoms with Gasteiger partial charge in [-0.3, -0.25) is 4.99 Å². The number of aromatic carboxylic acids is 1. The molecule has 0 unspecified atom stereocenters. The van der Waals surface area contributed by atoms with Gasteiger partial charge in [0.15, 0.2) is 0 Å². The number of carboxylic acids is 1. The molecule has 3 rings (SSSR count). The standard InChI is InChI=1S/C22H22Cl2N2O2/c1-5-26-20-10-19(24)14(8-16(20)13(2)11-22(26,3)4)12-25-15-6-7-18(23)17(9-15)21(27)28/h6-12H,5H2,1-4H3,(H,27,28). The maximum Gasteiger partial charge on any atom is 0.337 e. The SMILES string of the molecule is CCN1c2cc(Cl)c(C=Nc3ccc(Cl)c(C(=O)O)c3)cc2C(C)=CC1(C)C. The zero-order valence-electron chi connectivity index (χ0n) is 16.3. The molecule has 0 spiro atoms.